The summed E-state index contributed by atoms with van der Waals surface area (Å²) in [5.74, 6) is 1.70. The summed E-state index contributed by atoms with van der Waals surface area (Å²) >= 11 is 0. The van der Waals surface area contributed by atoms with Crippen molar-refractivity contribution in [2.24, 2.45) is 0 Å². The van der Waals surface area contributed by atoms with Crippen molar-refractivity contribution in [2.45, 2.75) is 52.7 Å². The molecule has 0 bridgehead atoms. The van der Waals surface area contributed by atoms with Gasteiger partial charge in [0.25, 0.3) is 6.47 Å². The maximum absolute atomic E-state index is 8.36. The second-order valence-corrected chi connectivity index (χ2v) is 6.23. The third kappa shape index (κ3) is 8.23. The predicted octanol–water partition coefficient (Wildman–Crippen LogP) is 3.43. The zero-order valence-corrected chi connectivity index (χ0v) is 16.5. The van der Waals surface area contributed by atoms with Crippen LogP contribution in [0.5, 0.6) is 11.5 Å². The Labute approximate surface area is 151 Å². The lowest BCUT2D eigenvalue weighted by Gasteiger charge is -2.33. The summed E-state index contributed by atoms with van der Waals surface area (Å²) in [6.07, 6.45) is 0.979. The number of hydrogen-bond donors (Lipinski definition) is 1. The normalized spacial score (nSPS) is 13.3. The van der Waals surface area contributed by atoms with Gasteiger partial charge in [-0.25, -0.2) is 0 Å². The molecule has 0 aromatic heterocycles. The average Bonchev–Trinajstić information content (AvgIpc) is 3.04. The summed E-state index contributed by atoms with van der Waals surface area (Å²) in [4.78, 5) is 10.7. The Kier molecular flexibility index (Phi) is 10.9. The molecule has 1 aromatic rings. The first-order chi connectivity index (χ1) is 11.8. The second-order valence-electron chi connectivity index (χ2n) is 6.23. The Morgan fingerprint density at radius 3 is 2.44 bits per heavy atom. The first-order valence-corrected chi connectivity index (χ1v) is 8.54. The molecular formula is C19H33NO5. The second kappa shape index (κ2) is 11.7. The molecule has 0 aliphatic carbocycles. The molecular weight excluding hydrogens is 322 g/mol. The number of hydrogen-bond acceptors (Lipinski definition) is 5. The number of nitrogens with zero attached hydrogens (tertiary/aromatic N) is 1. The molecule has 0 amide bonds. The summed E-state index contributed by atoms with van der Waals surface area (Å²) in [6.45, 7) is 11.4. The number of benzene rings is 1. The highest BCUT2D eigenvalue weighted by atomic mass is 16.7. The van der Waals surface area contributed by atoms with Gasteiger partial charge < -0.3 is 24.2 Å². The molecule has 0 saturated carbocycles. The van der Waals surface area contributed by atoms with Crippen molar-refractivity contribution in [3.8, 4) is 11.5 Å². The molecule has 0 fully saturated rings. The fraction of sp³-hybridized carbons (Fsp3) is 0.632. The maximum Gasteiger partial charge on any atom is 0.290 e. The van der Waals surface area contributed by atoms with E-state index in [0.29, 0.717) is 12.8 Å². The lowest BCUT2D eigenvalue weighted by atomic mass is 10.0. The van der Waals surface area contributed by atoms with Crippen LogP contribution >= 0.6 is 0 Å². The lowest BCUT2D eigenvalue weighted by Crippen LogP contribution is -2.42. The van der Waals surface area contributed by atoms with Gasteiger partial charge in [0.05, 0.1) is 5.60 Å². The van der Waals surface area contributed by atoms with Crippen LogP contribution in [-0.2, 0) is 16.0 Å². The van der Waals surface area contributed by atoms with Gasteiger partial charge in [0, 0.05) is 19.7 Å². The first-order valence-electron chi connectivity index (χ1n) is 8.54. The van der Waals surface area contributed by atoms with E-state index in [2.05, 4.69) is 44.9 Å². The van der Waals surface area contributed by atoms with E-state index < -0.39 is 0 Å². The monoisotopic (exact) mass is 355 g/mol. The lowest BCUT2D eigenvalue weighted by molar-refractivity contribution is -0.122. The van der Waals surface area contributed by atoms with Crippen LogP contribution in [0.25, 0.3) is 0 Å². The number of likely N-dealkylation sites (N-methyl/N-ethyl adjacent to an activating group) is 1. The highest BCUT2D eigenvalue weighted by Gasteiger charge is 2.22. The third-order valence-corrected chi connectivity index (χ3v) is 3.90. The van der Waals surface area contributed by atoms with Crippen molar-refractivity contribution in [3.63, 3.8) is 0 Å². The predicted molar refractivity (Wildman–Crippen MR) is 99.5 cm³/mol. The molecule has 6 nitrogen and oxygen atoms in total. The van der Waals surface area contributed by atoms with Gasteiger partial charge in [-0.05, 0) is 51.9 Å². The zero-order chi connectivity index (χ0) is 19.5. The quantitative estimate of drug-likeness (QED) is 0.789. The van der Waals surface area contributed by atoms with Crippen LogP contribution in [0.15, 0.2) is 18.2 Å². The van der Waals surface area contributed by atoms with Crippen LogP contribution in [0.3, 0.4) is 0 Å². The average molecular weight is 355 g/mol. The standard InChI is InChI=1S/C16H25NO3.C2H6.CH2O2/c1-12(17(4)10-16(2,3)18-5)8-13-6-7-14-15(9-13)20-11-19-14;1-2;2-1-3/h6-7,9,12H,8,10-11H2,1-5H3;1-2H3;1H,(H,2,3). The smallest absolute Gasteiger partial charge is 0.290 e. The summed E-state index contributed by atoms with van der Waals surface area (Å²) in [5, 5.41) is 6.89. The van der Waals surface area contributed by atoms with Crippen LogP contribution < -0.4 is 9.47 Å². The minimum Gasteiger partial charge on any atom is -0.483 e. The molecule has 0 saturated heterocycles. The Morgan fingerprint density at radius 2 is 1.88 bits per heavy atom. The van der Waals surface area contributed by atoms with E-state index >= 15 is 0 Å². The van der Waals surface area contributed by atoms with Gasteiger partial charge in [0.15, 0.2) is 11.5 Å². The van der Waals surface area contributed by atoms with Crippen molar-refractivity contribution in [2.75, 3.05) is 27.5 Å². The molecule has 1 unspecified atom stereocenters. The molecule has 144 valence electrons. The molecule has 1 aromatic carbocycles. The van der Waals surface area contributed by atoms with Crippen molar-refractivity contribution in [3.05, 3.63) is 23.8 Å². The van der Waals surface area contributed by atoms with E-state index in [1.54, 1.807) is 7.11 Å². The van der Waals surface area contributed by atoms with Crippen LogP contribution in [0.2, 0.25) is 0 Å². The molecule has 0 spiro atoms. The molecule has 1 N–H and O–H groups in total. The molecule has 1 heterocycles. The maximum atomic E-state index is 8.36. The van der Waals surface area contributed by atoms with Gasteiger partial charge in [0.2, 0.25) is 6.79 Å². The molecule has 1 atom stereocenters. The molecule has 2 rings (SSSR count). The minimum atomic E-state index is -0.250. The Morgan fingerprint density at radius 1 is 1.32 bits per heavy atom. The largest absolute Gasteiger partial charge is 0.483 e. The van der Waals surface area contributed by atoms with Crippen molar-refractivity contribution in [1.29, 1.82) is 0 Å². The molecule has 1 aliphatic rings. The number of rotatable bonds is 6. The van der Waals surface area contributed by atoms with Gasteiger partial charge in [0.1, 0.15) is 0 Å². The highest BCUT2D eigenvalue weighted by molar-refractivity contribution is 5.44. The Balaban J connectivity index is 0.00000104. The molecule has 25 heavy (non-hydrogen) atoms. The van der Waals surface area contributed by atoms with E-state index in [0.717, 1.165) is 24.5 Å². The van der Waals surface area contributed by atoms with E-state index in [1.807, 2.05) is 19.9 Å². The van der Waals surface area contributed by atoms with E-state index in [4.69, 9.17) is 24.1 Å². The number of ether oxygens (including phenoxy) is 3. The summed E-state index contributed by atoms with van der Waals surface area (Å²) < 4.78 is 16.3. The van der Waals surface area contributed by atoms with Crippen LogP contribution in [0.4, 0.5) is 0 Å². The van der Waals surface area contributed by atoms with Crippen molar-refractivity contribution < 1.29 is 24.1 Å². The van der Waals surface area contributed by atoms with Gasteiger partial charge in [-0.2, -0.15) is 0 Å². The Bertz CT molecular complexity index is 505. The van der Waals surface area contributed by atoms with E-state index in [-0.39, 0.29) is 12.1 Å². The van der Waals surface area contributed by atoms with Gasteiger partial charge in [-0.1, -0.05) is 19.9 Å². The highest BCUT2D eigenvalue weighted by Crippen LogP contribution is 2.33. The fourth-order valence-corrected chi connectivity index (χ4v) is 2.39. The number of methoxy groups -OCH3 is 1. The van der Waals surface area contributed by atoms with Crippen LogP contribution in [0, 0.1) is 0 Å². The van der Waals surface area contributed by atoms with Gasteiger partial charge in [-0.3, -0.25) is 4.79 Å². The molecule has 0 radical (unpaired) electrons. The van der Waals surface area contributed by atoms with Crippen molar-refractivity contribution >= 4 is 6.47 Å². The van der Waals surface area contributed by atoms with E-state index in [1.165, 1.54) is 5.56 Å². The number of carbonyl (C=O) groups is 1. The van der Waals surface area contributed by atoms with Gasteiger partial charge >= 0.3 is 0 Å². The number of carboxylic acid groups (broad SMARTS) is 1. The SMILES string of the molecule is CC.COC(C)(C)CN(C)C(C)Cc1ccc2c(c1)OCO2.O=CO. The fourth-order valence-electron chi connectivity index (χ4n) is 2.39. The first kappa shape index (κ1) is 23.2. The van der Waals surface area contributed by atoms with Crippen LogP contribution in [-0.4, -0.2) is 55.6 Å². The van der Waals surface area contributed by atoms with Crippen LogP contribution in [0.1, 0.15) is 40.2 Å². The topological polar surface area (TPSA) is 68.2 Å². The summed E-state index contributed by atoms with van der Waals surface area (Å²) in [5.41, 5.74) is 1.14. The molecule has 6 heteroatoms. The minimum absolute atomic E-state index is 0.127. The van der Waals surface area contributed by atoms with E-state index in [9.17, 15) is 0 Å². The summed E-state index contributed by atoms with van der Waals surface area (Å²) in [6, 6.07) is 6.61. The zero-order valence-electron chi connectivity index (χ0n) is 16.5. The third-order valence-electron chi connectivity index (χ3n) is 3.90. The summed E-state index contributed by atoms with van der Waals surface area (Å²) in [7, 11) is 3.90. The Hall–Kier alpha value is -1.79. The molecule has 1 aliphatic heterocycles. The van der Waals surface area contributed by atoms with Gasteiger partial charge in [-0.15, -0.1) is 0 Å². The number of fused-ring (bicyclic) bond motifs is 1. The van der Waals surface area contributed by atoms with Crippen molar-refractivity contribution in [1.82, 2.24) is 4.90 Å².